The molecule has 0 saturated carbocycles. The van der Waals surface area contributed by atoms with E-state index in [0.717, 1.165) is 36.0 Å². The molecule has 0 aliphatic rings. The number of ether oxygens (including phenoxy) is 2. The van der Waals surface area contributed by atoms with E-state index in [2.05, 4.69) is 24.3 Å². The third kappa shape index (κ3) is 3.60. The van der Waals surface area contributed by atoms with Crippen LogP contribution in [0.15, 0.2) is 24.4 Å². The van der Waals surface area contributed by atoms with Crippen molar-refractivity contribution in [3.8, 4) is 17.2 Å². The highest BCUT2D eigenvalue weighted by atomic mass is 16.5. The van der Waals surface area contributed by atoms with Crippen molar-refractivity contribution in [3.63, 3.8) is 0 Å². The Morgan fingerprint density at radius 1 is 1.23 bits per heavy atom. The summed E-state index contributed by atoms with van der Waals surface area (Å²) < 4.78 is 12.7. The van der Waals surface area contributed by atoms with Crippen LogP contribution in [-0.2, 0) is 6.54 Å². The van der Waals surface area contributed by atoms with Crippen molar-refractivity contribution in [3.05, 3.63) is 35.7 Å². The summed E-state index contributed by atoms with van der Waals surface area (Å²) in [7, 11) is 3.32. The van der Waals surface area contributed by atoms with Gasteiger partial charge >= 0.3 is 0 Å². The summed E-state index contributed by atoms with van der Waals surface area (Å²) in [6, 6.07) is 5.72. The molecular weight excluding hydrogens is 278 g/mol. The molecule has 1 aromatic carbocycles. The summed E-state index contributed by atoms with van der Waals surface area (Å²) in [5.41, 5.74) is 3.19. The number of hydrogen-bond donors (Lipinski definition) is 1. The lowest BCUT2D eigenvalue weighted by atomic mass is 10.2. The van der Waals surface area contributed by atoms with Crippen LogP contribution in [0.5, 0.6) is 11.5 Å². The summed E-state index contributed by atoms with van der Waals surface area (Å²) in [5, 5.41) is 7.96. The van der Waals surface area contributed by atoms with Crippen molar-refractivity contribution in [1.82, 2.24) is 15.1 Å². The molecule has 120 valence electrons. The van der Waals surface area contributed by atoms with Gasteiger partial charge in [-0.1, -0.05) is 13.3 Å². The van der Waals surface area contributed by atoms with E-state index >= 15 is 0 Å². The number of benzene rings is 1. The molecule has 22 heavy (non-hydrogen) atoms. The quantitative estimate of drug-likeness (QED) is 0.761. The fourth-order valence-corrected chi connectivity index (χ4v) is 2.35. The minimum atomic E-state index is 0.775. The minimum absolute atomic E-state index is 0.775. The number of aromatic nitrogens is 2. The van der Waals surface area contributed by atoms with Crippen LogP contribution in [0.1, 0.15) is 31.0 Å². The molecule has 2 rings (SSSR count). The first-order chi connectivity index (χ1) is 10.7. The second-order valence-electron chi connectivity index (χ2n) is 5.24. The maximum absolute atomic E-state index is 5.44. The Morgan fingerprint density at radius 2 is 2.05 bits per heavy atom. The highest BCUT2D eigenvalue weighted by molar-refractivity contribution is 5.52. The number of nitrogens with one attached hydrogen (secondary N) is 1. The average Bonchev–Trinajstić information content (AvgIpc) is 2.91. The molecule has 0 spiro atoms. The topological polar surface area (TPSA) is 48.3 Å². The third-order valence-electron chi connectivity index (χ3n) is 3.75. The predicted octanol–water partition coefficient (Wildman–Crippen LogP) is 3.09. The second-order valence-corrected chi connectivity index (χ2v) is 5.24. The van der Waals surface area contributed by atoms with Crippen molar-refractivity contribution in [2.45, 2.75) is 33.2 Å². The first-order valence-electron chi connectivity index (χ1n) is 7.67. The number of methoxy groups -OCH3 is 2. The highest BCUT2D eigenvalue weighted by Gasteiger charge is 2.13. The Morgan fingerprint density at radius 3 is 2.73 bits per heavy atom. The van der Waals surface area contributed by atoms with Crippen LogP contribution < -0.4 is 14.8 Å². The molecule has 0 amide bonds. The zero-order valence-corrected chi connectivity index (χ0v) is 13.8. The van der Waals surface area contributed by atoms with E-state index in [4.69, 9.17) is 9.47 Å². The zero-order chi connectivity index (χ0) is 15.9. The number of unbranched alkanes of at least 4 members (excludes halogenated alkanes) is 1. The molecule has 0 bridgehead atoms. The SMILES string of the molecule is CCCCNCc1cnn(-c2cc(OC)ccc2OC)c1C. The van der Waals surface area contributed by atoms with Gasteiger partial charge in [0.15, 0.2) is 0 Å². The predicted molar refractivity (Wildman–Crippen MR) is 88.0 cm³/mol. The fraction of sp³-hybridized carbons (Fsp3) is 0.471. The average molecular weight is 303 g/mol. The van der Waals surface area contributed by atoms with Gasteiger partial charge in [0.25, 0.3) is 0 Å². The molecule has 0 fully saturated rings. The van der Waals surface area contributed by atoms with Gasteiger partial charge < -0.3 is 14.8 Å². The molecule has 1 N–H and O–H groups in total. The summed E-state index contributed by atoms with van der Waals surface area (Å²) in [6.45, 7) is 6.13. The van der Waals surface area contributed by atoms with Crippen LogP contribution in [0.2, 0.25) is 0 Å². The number of rotatable bonds is 8. The summed E-state index contributed by atoms with van der Waals surface area (Å²) in [6.07, 6.45) is 4.30. The van der Waals surface area contributed by atoms with Gasteiger partial charge in [-0.3, -0.25) is 0 Å². The van der Waals surface area contributed by atoms with Gasteiger partial charge in [-0.25, -0.2) is 4.68 Å². The largest absolute Gasteiger partial charge is 0.497 e. The van der Waals surface area contributed by atoms with Crippen molar-refractivity contribution < 1.29 is 9.47 Å². The lowest BCUT2D eigenvalue weighted by Crippen LogP contribution is -2.15. The van der Waals surface area contributed by atoms with E-state index < -0.39 is 0 Å². The van der Waals surface area contributed by atoms with Crippen LogP contribution in [0.4, 0.5) is 0 Å². The monoisotopic (exact) mass is 303 g/mol. The standard InChI is InChI=1S/C17H25N3O2/c1-5-6-9-18-11-14-12-19-20(13(14)2)16-10-15(21-3)7-8-17(16)22-4/h7-8,10,12,18H,5-6,9,11H2,1-4H3. The Balaban J connectivity index is 2.24. The maximum Gasteiger partial charge on any atom is 0.144 e. The number of hydrogen-bond acceptors (Lipinski definition) is 4. The lowest BCUT2D eigenvalue weighted by Gasteiger charge is -2.12. The van der Waals surface area contributed by atoms with Gasteiger partial charge in [-0.15, -0.1) is 0 Å². The Bertz CT molecular complexity index is 608. The normalized spacial score (nSPS) is 10.7. The van der Waals surface area contributed by atoms with E-state index in [1.165, 1.54) is 18.4 Å². The van der Waals surface area contributed by atoms with Crippen LogP contribution in [0, 0.1) is 6.92 Å². The molecular formula is C17H25N3O2. The molecule has 0 saturated heterocycles. The van der Waals surface area contributed by atoms with E-state index in [1.54, 1.807) is 14.2 Å². The summed E-state index contributed by atoms with van der Waals surface area (Å²) >= 11 is 0. The smallest absolute Gasteiger partial charge is 0.144 e. The summed E-state index contributed by atoms with van der Waals surface area (Å²) in [5.74, 6) is 1.56. The van der Waals surface area contributed by atoms with Crippen molar-refractivity contribution in [2.75, 3.05) is 20.8 Å². The van der Waals surface area contributed by atoms with Crippen molar-refractivity contribution in [1.29, 1.82) is 0 Å². The molecule has 1 aromatic heterocycles. The molecule has 0 radical (unpaired) electrons. The molecule has 2 aromatic rings. The molecule has 0 aliphatic carbocycles. The van der Waals surface area contributed by atoms with Crippen molar-refractivity contribution in [2.24, 2.45) is 0 Å². The summed E-state index contributed by atoms with van der Waals surface area (Å²) in [4.78, 5) is 0. The van der Waals surface area contributed by atoms with E-state index in [1.807, 2.05) is 29.1 Å². The second kappa shape index (κ2) is 7.84. The molecule has 0 aliphatic heterocycles. The van der Waals surface area contributed by atoms with E-state index in [9.17, 15) is 0 Å². The number of nitrogens with zero attached hydrogens (tertiary/aromatic N) is 2. The molecule has 0 atom stereocenters. The molecule has 5 heteroatoms. The molecule has 1 heterocycles. The first kappa shape index (κ1) is 16.4. The Labute approximate surface area is 132 Å². The van der Waals surface area contributed by atoms with Crippen LogP contribution in [0.25, 0.3) is 5.69 Å². The van der Waals surface area contributed by atoms with Gasteiger partial charge in [0, 0.05) is 23.9 Å². The van der Waals surface area contributed by atoms with Crippen LogP contribution in [-0.4, -0.2) is 30.5 Å². The zero-order valence-electron chi connectivity index (χ0n) is 13.8. The Kier molecular flexibility index (Phi) is 5.83. The third-order valence-corrected chi connectivity index (χ3v) is 3.75. The van der Waals surface area contributed by atoms with Gasteiger partial charge in [0.2, 0.25) is 0 Å². The van der Waals surface area contributed by atoms with Gasteiger partial charge in [0.1, 0.15) is 17.2 Å². The van der Waals surface area contributed by atoms with E-state index in [-0.39, 0.29) is 0 Å². The first-order valence-corrected chi connectivity index (χ1v) is 7.67. The van der Waals surface area contributed by atoms with Gasteiger partial charge in [-0.05, 0) is 32.0 Å². The minimum Gasteiger partial charge on any atom is -0.497 e. The highest BCUT2D eigenvalue weighted by Crippen LogP contribution is 2.28. The fourth-order valence-electron chi connectivity index (χ4n) is 2.35. The van der Waals surface area contributed by atoms with Gasteiger partial charge in [-0.2, -0.15) is 5.10 Å². The van der Waals surface area contributed by atoms with Gasteiger partial charge in [0.05, 0.1) is 20.4 Å². The van der Waals surface area contributed by atoms with Crippen LogP contribution >= 0.6 is 0 Å². The van der Waals surface area contributed by atoms with Crippen LogP contribution in [0.3, 0.4) is 0 Å². The lowest BCUT2D eigenvalue weighted by molar-refractivity contribution is 0.400. The maximum atomic E-state index is 5.44. The van der Waals surface area contributed by atoms with Crippen molar-refractivity contribution >= 4 is 0 Å². The molecule has 0 unspecified atom stereocenters. The molecule has 5 nitrogen and oxygen atoms in total. The van der Waals surface area contributed by atoms with E-state index in [0.29, 0.717) is 0 Å². The Hall–Kier alpha value is -2.01.